The molecule has 1 heterocycles. The molecule has 0 radical (unpaired) electrons. The number of hydrogen-bond donors (Lipinski definition) is 1. The Hall–Kier alpha value is -0.160. The molecule has 15 heavy (non-hydrogen) atoms. The molecule has 2 rings (SSSR count). The third-order valence-corrected chi connectivity index (χ3v) is 3.88. The molecule has 1 aliphatic carbocycles. The van der Waals surface area contributed by atoms with E-state index in [1.54, 1.807) is 0 Å². The Labute approximate surface area is 92.4 Å². The molecule has 2 fully saturated rings. The third-order valence-electron chi connectivity index (χ3n) is 3.88. The van der Waals surface area contributed by atoms with Gasteiger partial charge < -0.3 is 15.4 Å². The van der Waals surface area contributed by atoms with Crippen molar-refractivity contribution < 1.29 is 4.74 Å². The first-order valence-electron chi connectivity index (χ1n) is 5.91. The van der Waals surface area contributed by atoms with Crippen LogP contribution >= 0.6 is 0 Å². The molecule has 0 bridgehead atoms. The van der Waals surface area contributed by atoms with Gasteiger partial charge in [0.05, 0.1) is 6.10 Å². The molecule has 1 saturated carbocycles. The molecule has 0 amide bonds. The summed E-state index contributed by atoms with van der Waals surface area (Å²) in [7, 11) is 3.99. The number of nitrogens with two attached hydrogens (primary N) is 1. The summed E-state index contributed by atoms with van der Waals surface area (Å²) in [5.74, 6) is 0. The Morgan fingerprint density at radius 3 is 2.67 bits per heavy atom. The maximum atomic E-state index is 5.84. The number of ether oxygens (including phenoxy) is 1. The van der Waals surface area contributed by atoms with Crippen LogP contribution in [0.25, 0.3) is 0 Å². The molecule has 2 aliphatic rings. The van der Waals surface area contributed by atoms with E-state index in [0.29, 0.717) is 12.1 Å². The van der Waals surface area contributed by atoms with E-state index >= 15 is 0 Å². The minimum absolute atomic E-state index is 0.494. The minimum Gasteiger partial charge on any atom is -0.381 e. The molecule has 4 nitrogen and oxygen atoms in total. The molecule has 0 aromatic rings. The second kappa shape index (κ2) is 4.78. The van der Waals surface area contributed by atoms with Crippen LogP contribution in [0.5, 0.6) is 0 Å². The van der Waals surface area contributed by atoms with Gasteiger partial charge in [-0.25, -0.2) is 0 Å². The van der Waals surface area contributed by atoms with E-state index in [1.807, 2.05) is 7.11 Å². The third kappa shape index (κ3) is 2.33. The zero-order valence-corrected chi connectivity index (χ0v) is 9.85. The van der Waals surface area contributed by atoms with Crippen molar-refractivity contribution in [2.45, 2.75) is 31.0 Å². The van der Waals surface area contributed by atoms with Crippen molar-refractivity contribution in [2.75, 3.05) is 40.3 Å². The lowest BCUT2D eigenvalue weighted by atomic mass is 9.86. The molecule has 0 aromatic heterocycles. The molecular weight excluding hydrogens is 190 g/mol. The van der Waals surface area contributed by atoms with Crippen molar-refractivity contribution >= 4 is 0 Å². The Morgan fingerprint density at radius 2 is 2.07 bits per heavy atom. The topological polar surface area (TPSA) is 41.7 Å². The number of piperazine rings is 1. The van der Waals surface area contributed by atoms with E-state index in [-0.39, 0.29) is 0 Å². The van der Waals surface area contributed by atoms with Gasteiger partial charge in [0.15, 0.2) is 0 Å². The molecule has 1 saturated heterocycles. The van der Waals surface area contributed by atoms with Crippen LogP contribution < -0.4 is 5.73 Å². The van der Waals surface area contributed by atoms with Crippen LogP contribution in [-0.2, 0) is 4.74 Å². The van der Waals surface area contributed by atoms with Crippen molar-refractivity contribution in [3.63, 3.8) is 0 Å². The average Bonchev–Trinajstić information content (AvgIpc) is 2.18. The van der Waals surface area contributed by atoms with Gasteiger partial charge >= 0.3 is 0 Å². The Morgan fingerprint density at radius 1 is 1.33 bits per heavy atom. The van der Waals surface area contributed by atoms with Gasteiger partial charge in [-0.05, 0) is 19.9 Å². The summed E-state index contributed by atoms with van der Waals surface area (Å²) in [5.41, 5.74) is 5.84. The van der Waals surface area contributed by atoms with Gasteiger partial charge in [-0.1, -0.05) is 0 Å². The smallest absolute Gasteiger partial charge is 0.0601 e. The molecule has 4 heteroatoms. The largest absolute Gasteiger partial charge is 0.381 e. The maximum Gasteiger partial charge on any atom is 0.0601 e. The highest BCUT2D eigenvalue weighted by molar-refractivity contribution is 4.94. The van der Waals surface area contributed by atoms with Gasteiger partial charge in [-0.15, -0.1) is 0 Å². The standard InChI is InChI=1S/C11H23N3O/c1-13-3-4-14(10(7-12)8-13)9-5-11(6-9)15-2/h9-11H,3-8,12H2,1-2H3. The summed E-state index contributed by atoms with van der Waals surface area (Å²) in [6.45, 7) is 4.23. The van der Waals surface area contributed by atoms with Gasteiger partial charge in [-0.3, -0.25) is 4.90 Å². The number of likely N-dealkylation sites (N-methyl/N-ethyl adjacent to an activating group) is 1. The van der Waals surface area contributed by atoms with Gasteiger partial charge in [0, 0.05) is 45.4 Å². The first-order chi connectivity index (χ1) is 7.24. The molecule has 1 unspecified atom stereocenters. The summed E-state index contributed by atoms with van der Waals surface area (Å²) in [6.07, 6.45) is 2.88. The van der Waals surface area contributed by atoms with Crippen LogP contribution in [-0.4, -0.2) is 68.3 Å². The summed E-state index contributed by atoms with van der Waals surface area (Å²) in [5, 5.41) is 0. The molecule has 1 atom stereocenters. The van der Waals surface area contributed by atoms with Gasteiger partial charge in [0.25, 0.3) is 0 Å². The van der Waals surface area contributed by atoms with E-state index in [2.05, 4.69) is 16.8 Å². The number of rotatable bonds is 3. The van der Waals surface area contributed by atoms with E-state index in [1.165, 1.54) is 25.9 Å². The number of hydrogen-bond acceptors (Lipinski definition) is 4. The number of methoxy groups -OCH3 is 1. The molecule has 0 aromatic carbocycles. The summed E-state index contributed by atoms with van der Waals surface area (Å²) in [4.78, 5) is 4.97. The van der Waals surface area contributed by atoms with Gasteiger partial charge in [-0.2, -0.15) is 0 Å². The first kappa shape index (κ1) is 11.3. The van der Waals surface area contributed by atoms with Crippen LogP contribution in [0.3, 0.4) is 0 Å². The highest BCUT2D eigenvalue weighted by Gasteiger charge is 2.38. The van der Waals surface area contributed by atoms with Crippen molar-refractivity contribution in [2.24, 2.45) is 5.73 Å². The average molecular weight is 213 g/mol. The Balaban J connectivity index is 1.85. The van der Waals surface area contributed by atoms with Gasteiger partial charge in [0.1, 0.15) is 0 Å². The van der Waals surface area contributed by atoms with Gasteiger partial charge in [0.2, 0.25) is 0 Å². The molecular formula is C11H23N3O. The highest BCUT2D eigenvalue weighted by atomic mass is 16.5. The fraction of sp³-hybridized carbons (Fsp3) is 1.00. The zero-order valence-electron chi connectivity index (χ0n) is 9.85. The lowest BCUT2D eigenvalue weighted by molar-refractivity contribution is -0.0563. The maximum absolute atomic E-state index is 5.84. The molecule has 88 valence electrons. The second-order valence-electron chi connectivity index (χ2n) is 4.87. The highest BCUT2D eigenvalue weighted by Crippen LogP contribution is 2.30. The normalized spacial score (nSPS) is 39.0. The van der Waals surface area contributed by atoms with Crippen molar-refractivity contribution in [3.05, 3.63) is 0 Å². The second-order valence-corrected chi connectivity index (χ2v) is 4.87. The SMILES string of the molecule is COC1CC(N2CCN(C)CC2CN)C1. The van der Waals surface area contributed by atoms with E-state index < -0.39 is 0 Å². The van der Waals surface area contributed by atoms with Crippen LogP contribution in [0.4, 0.5) is 0 Å². The summed E-state index contributed by atoms with van der Waals surface area (Å²) >= 11 is 0. The monoisotopic (exact) mass is 213 g/mol. The quantitative estimate of drug-likeness (QED) is 0.701. The van der Waals surface area contributed by atoms with Crippen LogP contribution in [0.2, 0.25) is 0 Å². The Kier molecular flexibility index (Phi) is 3.61. The predicted molar refractivity (Wildman–Crippen MR) is 60.9 cm³/mol. The summed E-state index contributed by atoms with van der Waals surface area (Å²) in [6, 6.07) is 1.27. The fourth-order valence-corrected chi connectivity index (χ4v) is 2.72. The fourth-order valence-electron chi connectivity index (χ4n) is 2.72. The van der Waals surface area contributed by atoms with Crippen molar-refractivity contribution in [1.82, 2.24) is 9.80 Å². The lowest BCUT2D eigenvalue weighted by Gasteiger charge is -2.49. The first-order valence-corrected chi connectivity index (χ1v) is 5.91. The van der Waals surface area contributed by atoms with E-state index in [4.69, 9.17) is 10.5 Å². The molecule has 1 aliphatic heterocycles. The zero-order chi connectivity index (χ0) is 10.8. The predicted octanol–water partition coefficient (Wildman–Crippen LogP) is -0.261. The van der Waals surface area contributed by atoms with Crippen LogP contribution in [0.15, 0.2) is 0 Å². The van der Waals surface area contributed by atoms with Crippen LogP contribution in [0, 0.1) is 0 Å². The van der Waals surface area contributed by atoms with Crippen LogP contribution in [0.1, 0.15) is 12.8 Å². The van der Waals surface area contributed by atoms with E-state index in [0.717, 1.165) is 19.1 Å². The lowest BCUT2D eigenvalue weighted by Crippen LogP contribution is -2.61. The minimum atomic E-state index is 0.494. The summed E-state index contributed by atoms with van der Waals surface area (Å²) < 4.78 is 5.33. The van der Waals surface area contributed by atoms with Crippen molar-refractivity contribution in [3.8, 4) is 0 Å². The number of nitrogens with zero attached hydrogens (tertiary/aromatic N) is 2. The van der Waals surface area contributed by atoms with Crippen molar-refractivity contribution in [1.29, 1.82) is 0 Å². The molecule has 0 spiro atoms. The molecule has 2 N–H and O–H groups in total. The Bertz CT molecular complexity index is 206. The van der Waals surface area contributed by atoms with E-state index in [9.17, 15) is 0 Å².